The molecule has 126 valence electrons. The Labute approximate surface area is 157 Å². The lowest BCUT2D eigenvalue weighted by molar-refractivity contribution is 0.825. The lowest BCUT2D eigenvalue weighted by Crippen LogP contribution is -1.98. The van der Waals surface area contributed by atoms with Gasteiger partial charge in [-0.05, 0) is 45.8 Å². The fourth-order valence-electron chi connectivity index (χ4n) is 3.21. The minimum Gasteiger partial charge on any atom is -0.337 e. The fraction of sp³-hybridized carbons (Fsp3) is 0.0500. The van der Waals surface area contributed by atoms with Gasteiger partial charge in [0.25, 0.3) is 0 Å². The van der Waals surface area contributed by atoms with Crippen molar-refractivity contribution in [2.45, 2.75) is 6.54 Å². The molecule has 0 atom stereocenters. The van der Waals surface area contributed by atoms with E-state index in [-0.39, 0.29) is 0 Å². The average molecular weight is 404 g/mol. The van der Waals surface area contributed by atoms with E-state index in [1.54, 1.807) is 0 Å². The highest BCUT2D eigenvalue weighted by atomic mass is 79.9. The van der Waals surface area contributed by atoms with E-state index in [0.29, 0.717) is 5.65 Å². The molecule has 4 aromatic heterocycles. The predicted octanol–water partition coefficient (Wildman–Crippen LogP) is 4.79. The van der Waals surface area contributed by atoms with Crippen LogP contribution in [0.15, 0.2) is 71.6 Å². The Morgan fingerprint density at radius 2 is 1.85 bits per heavy atom. The molecule has 0 saturated carbocycles. The van der Waals surface area contributed by atoms with Gasteiger partial charge in [0, 0.05) is 29.9 Å². The van der Waals surface area contributed by atoms with Gasteiger partial charge in [-0.2, -0.15) is 0 Å². The maximum atomic E-state index is 4.68. The molecule has 5 nitrogen and oxygen atoms in total. The number of imidazole rings is 1. The summed E-state index contributed by atoms with van der Waals surface area (Å²) >= 11 is 3.40. The van der Waals surface area contributed by atoms with Crippen LogP contribution < -0.4 is 0 Å². The van der Waals surface area contributed by atoms with E-state index >= 15 is 0 Å². The molecule has 0 unspecified atom stereocenters. The molecule has 6 heteroatoms. The van der Waals surface area contributed by atoms with Gasteiger partial charge in [0.05, 0.1) is 5.52 Å². The van der Waals surface area contributed by atoms with Gasteiger partial charge in [-0.3, -0.25) is 0 Å². The van der Waals surface area contributed by atoms with E-state index in [1.165, 1.54) is 5.56 Å². The maximum absolute atomic E-state index is 4.68. The van der Waals surface area contributed by atoms with E-state index in [2.05, 4.69) is 77.0 Å². The smallest absolute Gasteiger partial charge is 0.179 e. The third-order valence-electron chi connectivity index (χ3n) is 4.40. The summed E-state index contributed by atoms with van der Waals surface area (Å²) < 4.78 is 2.94. The van der Waals surface area contributed by atoms with E-state index in [1.807, 2.05) is 30.5 Å². The van der Waals surface area contributed by atoms with E-state index in [9.17, 15) is 0 Å². The highest BCUT2D eigenvalue weighted by Gasteiger charge is 2.15. The topological polar surface area (TPSA) is 59.4 Å². The van der Waals surface area contributed by atoms with Crippen LogP contribution in [-0.2, 0) is 6.54 Å². The van der Waals surface area contributed by atoms with Crippen molar-refractivity contribution in [3.63, 3.8) is 0 Å². The monoisotopic (exact) mass is 403 g/mol. The van der Waals surface area contributed by atoms with Gasteiger partial charge in [-0.25, -0.2) is 15.0 Å². The Balaban J connectivity index is 1.67. The number of aromatic nitrogens is 5. The molecule has 0 aliphatic rings. The van der Waals surface area contributed by atoms with E-state index in [4.69, 9.17) is 0 Å². The summed E-state index contributed by atoms with van der Waals surface area (Å²) in [7, 11) is 0. The van der Waals surface area contributed by atoms with Crippen LogP contribution >= 0.6 is 15.9 Å². The van der Waals surface area contributed by atoms with Crippen molar-refractivity contribution in [3.8, 4) is 11.4 Å². The van der Waals surface area contributed by atoms with Crippen molar-refractivity contribution < 1.29 is 0 Å². The average Bonchev–Trinajstić information content (AvgIpc) is 3.24. The van der Waals surface area contributed by atoms with Gasteiger partial charge in [-0.15, -0.1) is 0 Å². The molecular formula is C20H14BrN5. The standard InChI is InChI=1S/C20H14BrN5/c21-17-9-8-16-19(24-17)25-18(23-16)15-12-26(11-13-5-2-1-3-6-13)20-14(15)7-4-10-22-20/h1-10,12H,11H2,(H,23,24,25). The van der Waals surface area contributed by atoms with Crippen molar-refractivity contribution in [2.24, 2.45) is 0 Å². The second kappa shape index (κ2) is 6.07. The van der Waals surface area contributed by atoms with E-state index < -0.39 is 0 Å². The molecule has 1 aromatic carbocycles. The van der Waals surface area contributed by atoms with Gasteiger partial charge in [0.1, 0.15) is 16.1 Å². The fourth-order valence-corrected chi connectivity index (χ4v) is 3.51. The van der Waals surface area contributed by atoms with Crippen LogP contribution in [-0.4, -0.2) is 24.5 Å². The van der Waals surface area contributed by atoms with Crippen molar-refractivity contribution in [2.75, 3.05) is 0 Å². The molecule has 1 N–H and O–H groups in total. The van der Waals surface area contributed by atoms with Crippen LogP contribution in [0.2, 0.25) is 0 Å². The normalized spacial score (nSPS) is 11.4. The maximum Gasteiger partial charge on any atom is 0.179 e. The number of rotatable bonds is 3. The molecule has 0 fully saturated rings. The van der Waals surface area contributed by atoms with Crippen LogP contribution in [0.3, 0.4) is 0 Å². The number of fused-ring (bicyclic) bond motifs is 2. The Morgan fingerprint density at radius 1 is 0.962 bits per heavy atom. The number of hydrogen-bond acceptors (Lipinski definition) is 3. The Hall–Kier alpha value is -2.99. The SMILES string of the molecule is Brc1ccc2[nH]c(-c3cn(Cc4ccccc4)c4ncccc34)nc2n1. The summed E-state index contributed by atoms with van der Waals surface area (Å²) in [6.45, 7) is 0.762. The zero-order valence-corrected chi connectivity index (χ0v) is 15.3. The number of aromatic amines is 1. The Morgan fingerprint density at radius 3 is 2.73 bits per heavy atom. The molecule has 5 rings (SSSR count). The summed E-state index contributed by atoms with van der Waals surface area (Å²) in [5, 5.41) is 1.07. The zero-order valence-electron chi connectivity index (χ0n) is 13.7. The molecule has 0 aliphatic carbocycles. The third-order valence-corrected chi connectivity index (χ3v) is 4.84. The first-order valence-corrected chi connectivity index (χ1v) is 9.08. The van der Waals surface area contributed by atoms with Crippen LogP contribution in [0, 0.1) is 0 Å². The zero-order chi connectivity index (χ0) is 17.5. The number of hydrogen-bond donors (Lipinski definition) is 1. The molecule has 0 spiro atoms. The molecule has 4 heterocycles. The first kappa shape index (κ1) is 15.3. The summed E-state index contributed by atoms with van der Waals surface area (Å²) in [5.74, 6) is 0.801. The highest BCUT2D eigenvalue weighted by molar-refractivity contribution is 9.10. The molecule has 26 heavy (non-hydrogen) atoms. The van der Waals surface area contributed by atoms with Crippen LogP contribution in [0.25, 0.3) is 33.6 Å². The van der Waals surface area contributed by atoms with Crippen molar-refractivity contribution >= 4 is 38.1 Å². The van der Waals surface area contributed by atoms with Crippen LogP contribution in [0.5, 0.6) is 0 Å². The number of pyridine rings is 2. The van der Waals surface area contributed by atoms with Gasteiger partial charge >= 0.3 is 0 Å². The van der Waals surface area contributed by atoms with Crippen molar-refractivity contribution in [1.82, 2.24) is 24.5 Å². The largest absolute Gasteiger partial charge is 0.337 e. The Kier molecular flexibility index (Phi) is 3.57. The van der Waals surface area contributed by atoms with Gasteiger partial charge < -0.3 is 9.55 Å². The molecule has 0 bridgehead atoms. The number of nitrogens with one attached hydrogen (secondary N) is 1. The van der Waals surface area contributed by atoms with Gasteiger partial charge in [0.15, 0.2) is 5.65 Å². The first-order valence-electron chi connectivity index (χ1n) is 8.28. The first-order chi connectivity index (χ1) is 12.8. The van der Waals surface area contributed by atoms with Crippen LogP contribution in [0.1, 0.15) is 5.56 Å². The summed E-state index contributed by atoms with van der Waals surface area (Å²) in [4.78, 5) is 17.1. The summed E-state index contributed by atoms with van der Waals surface area (Å²) in [6.07, 6.45) is 3.93. The van der Waals surface area contributed by atoms with Gasteiger partial charge in [0.2, 0.25) is 0 Å². The molecule has 5 aromatic rings. The lowest BCUT2D eigenvalue weighted by Gasteiger charge is -2.04. The number of benzene rings is 1. The van der Waals surface area contributed by atoms with E-state index in [0.717, 1.165) is 39.1 Å². The minimum absolute atomic E-state index is 0.697. The summed E-state index contributed by atoms with van der Waals surface area (Å²) in [6, 6.07) is 18.3. The number of nitrogens with zero attached hydrogens (tertiary/aromatic N) is 4. The molecule has 0 radical (unpaired) electrons. The third kappa shape index (κ3) is 2.59. The lowest BCUT2D eigenvalue weighted by atomic mass is 10.2. The molecule has 0 amide bonds. The quantitative estimate of drug-likeness (QED) is 0.440. The van der Waals surface area contributed by atoms with Crippen molar-refractivity contribution in [3.05, 3.63) is 77.2 Å². The number of H-pyrrole nitrogens is 1. The van der Waals surface area contributed by atoms with Crippen molar-refractivity contribution in [1.29, 1.82) is 0 Å². The van der Waals surface area contributed by atoms with Gasteiger partial charge in [-0.1, -0.05) is 30.3 Å². The summed E-state index contributed by atoms with van der Waals surface area (Å²) in [5.41, 5.74) is 4.81. The molecule has 0 aliphatic heterocycles. The molecular weight excluding hydrogens is 390 g/mol. The highest BCUT2D eigenvalue weighted by Crippen LogP contribution is 2.29. The Bertz CT molecular complexity index is 1220. The number of halogens is 1. The predicted molar refractivity (Wildman–Crippen MR) is 106 cm³/mol. The molecule has 0 saturated heterocycles. The second-order valence-corrected chi connectivity index (χ2v) is 6.93. The second-order valence-electron chi connectivity index (χ2n) is 6.12. The minimum atomic E-state index is 0.697. The van der Waals surface area contributed by atoms with Crippen LogP contribution in [0.4, 0.5) is 0 Å².